The van der Waals surface area contributed by atoms with Crippen molar-refractivity contribution in [1.29, 1.82) is 0 Å². The van der Waals surface area contributed by atoms with Crippen LogP contribution < -0.4 is 5.32 Å². The summed E-state index contributed by atoms with van der Waals surface area (Å²) in [6, 6.07) is 6.39. The summed E-state index contributed by atoms with van der Waals surface area (Å²) in [5, 5.41) is 12.5. The second-order valence-electron chi connectivity index (χ2n) is 4.15. The van der Waals surface area contributed by atoms with Gasteiger partial charge in [-0.1, -0.05) is 12.1 Å². The molecule has 17 heavy (non-hydrogen) atoms. The van der Waals surface area contributed by atoms with Crippen molar-refractivity contribution >= 4 is 5.78 Å². The van der Waals surface area contributed by atoms with Gasteiger partial charge in [0.25, 0.3) is 0 Å². The molecular formula is C13H16N2O2. The zero-order valence-electron chi connectivity index (χ0n) is 9.81. The van der Waals surface area contributed by atoms with E-state index in [0.717, 1.165) is 25.3 Å². The first-order valence-corrected chi connectivity index (χ1v) is 5.67. The first-order valence-electron chi connectivity index (χ1n) is 5.67. The van der Waals surface area contributed by atoms with E-state index in [1.165, 1.54) is 6.07 Å². The molecule has 1 aromatic rings. The fraction of sp³-hybridized carbons (Fsp3) is 0.308. The van der Waals surface area contributed by atoms with Gasteiger partial charge in [-0.05, 0) is 18.6 Å². The van der Waals surface area contributed by atoms with Gasteiger partial charge < -0.3 is 15.3 Å². The Morgan fingerprint density at radius 3 is 3.06 bits per heavy atom. The lowest BCUT2D eigenvalue weighted by molar-refractivity contribution is 0.104. The molecule has 0 bridgehead atoms. The quantitative estimate of drug-likeness (QED) is 0.597. The molecule has 0 amide bonds. The molecule has 0 atom stereocenters. The number of hydrogen-bond acceptors (Lipinski definition) is 4. The number of nitrogens with one attached hydrogen (secondary N) is 1. The van der Waals surface area contributed by atoms with Gasteiger partial charge in [0.05, 0.1) is 0 Å². The number of allylic oxidation sites excluding steroid dienone is 1. The molecule has 2 rings (SSSR count). The SMILES string of the molecule is CN1CCCN/C1=C\C(=O)c1cccc(O)c1. The molecule has 0 spiro atoms. The number of carbonyl (C=O) groups is 1. The number of phenols is 1. The number of aromatic hydroxyl groups is 1. The summed E-state index contributed by atoms with van der Waals surface area (Å²) in [5.41, 5.74) is 0.498. The largest absolute Gasteiger partial charge is 0.508 e. The molecule has 0 saturated carbocycles. The Kier molecular flexibility index (Phi) is 3.32. The third-order valence-corrected chi connectivity index (χ3v) is 2.79. The van der Waals surface area contributed by atoms with Crippen LogP contribution in [0.3, 0.4) is 0 Å². The number of nitrogens with zero attached hydrogens (tertiary/aromatic N) is 1. The first kappa shape index (κ1) is 11.5. The molecule has 0 aromatic heterocycles. The van der Waals surface area contributed by atoms with E-state index in [-0.39, 0.29) is 11.5 Å². The monoisotopic (exact) mass is 232 g/mol. The van der Waals surface area contributed by atoms with Crippen LogP contribution in [0.25, 0.3) is 0 Å². The summed E-state index contributed by atoms with van der Waals surface area (Å²) < 4.78 is 0. The maximum absolute atomic E-state index is 12.0. The highest BCUT2D eigenvalue weighted by Crippen LogP contribution is 2.13. The molecular weight excluding hydrogens is 216 g/mol. The van der Waals surface area contributed by atoms with Gasteiger partial charge in [-0.25, -0.2) is 0 Å². The summed E-state index contributed by atoms with van der Waals surface area (Å²) in [5.74, 6) is 0.848. The second-order valence-corrected chi connectivity index (χ2v) is 4.15. The Morgan fingerprint density at radius 2 is 2.35 bits per heavy atom. The third-order valence-electron chi connectivity index (χ3n) is 2.79. The lowest BCUT2D eigenvalue weighted by atomic mass is 10.1. The maximum atomic E-state index is 12.0. The molecule has 90 valence electrons. The normalized spacial score (nSPS) is 17.9. The van der Waals surface area contributed by atoms with Gasteiger partial charge in [-0.3, -0.25) is 4.79 Å². The predicted octanol–water partition coefficient (Wildman–Crippen LogP) is 1.34. The Bertz CT molecular complexity index is 454. The van der Waals surface area contributed by atoms with E-state index in [2.05, 4.69) is 5.32 Å². The Balaban J connectivity index is 2.18. The van der Waals surface area contributed by atoms with Crippen LogP contribution in [0.4, 0.5) is 0 Å². The lowest BCUT2D eigenvalue weighted by Crippen LogP contribution is -2.37. The zero-order valence-corrected chi connectivity index (χ0v) is 9.81. The van der Waals surface area contributed by atoms with Crippen LogP contribution in [0, 0.1) is 0 Å². The number of hydrogen-bond donors (Lipinski definition) is 2. The molecule has 1 aromatic carbocycles. The van der Waals surface area contributed by atoms with E-state index < -0.39 is 0 Å². The lowest BCUT2D eigenvalue weighted by Gasteiger charge is -2.28. The molecule has 1 aliphatic heterocycles. The summed E-state index contributed by atoms with van der Waals surface area (Å²) >= 11 is 0. The minimum absolute atomic E-state index is 0.0999. The molecule has 1 saturated heterocycles. The Hall–Kier alpha value is -1.97. The van der Waals surface area contributed by atoms with Crippen molar-refractivity contribution in [2.75, 3.05) is 20.1 Å². The van der Waals surface area contributed by atoms with E-state index in [9.17, 15) is 9.90 Å². The van der Waals surface area contributed by atoms with Crippen molar-refractivity contribution in [1.82, 2.24) is 10.2 Å². The summed E-state index contributed by atoms with van der Waals surface area (Å²) in [7, 11) is 1.95. The number of carbonyl (C=O) groups excluding carboxylic acids is 1. The summed E-state index contributed by atoms with van der Waals surface area (Å²) in [4.78, 5) is 14.0. The van der Waals surface area contributed by atoms with Crippen molar-refractivity contribution in [2.45, 2.75) is 6.42 Å². The van der Waals surface area contributed by atoms with Crippen molar-refractivity contribution in [2.24, 2.45) is 0 Å². The molecule has 4 heteroatoms. The zero-order chi connectivity index (χ0) is 12.3. The maximum Gasteiger partial charge on any atom is 0.189 e. The average molecular weight is 232 g/mol. The Morgan fingerprint density at radius 1 is 1.53 bits per heavy atom. The van der Waals surface area contributed by atoms with Gasteiger partial charge in [-0.2, -0.15) is 0 Å². The van der Waals surface area contributed by atoms with Crippen LogP contribution >= 0.6 is 0 Å². The fourth-order valence-corrected chi connectivity index (χ4v) is 1.82. The smallest absolute Gasteiger partial charge is 0.189 e. The minimum Gasteiger partial charge on any atom is -0.508 e. The van der Waals surface area contributed by atoms with Crippen molar-refractivity contribution in [3.05, 3.63) is 41.7 Å². The number of rotatable bonds is 2. The molecule has 2 N–H and O–H groups in total. The van der Waals surface area contributed by atoms with E-state index in [1.807, 2.05) is 11.9 Å². The van der Waals surface area contributed by atoms with E-state index >= 15 is 0 Å². The fourth-order valence-electron chi connectivity index (χ4n) is 1.82. The van der Waals surface area contributed by atoms with Crippen LogP contribution in [0.15, 0.2) is 36.2 Å². The second kappa shape index (κ2) is 4.91. The molecule has 1 aliphatic rings. The summed E-state index contributed by atoms with van der Waals surface area (Å²) in [6.07, 6.45) is 2.65. The minimum atomic E-state index is -0.0999. The van der Waals surface area contributed by atoms with Gasteiger partial charge in [0.2, 0.25) is 0 Å². The van der Waals surface area contributed by atoms with Gasteiger partial charge in [-0.15, -0.1) is 0 Å². The molecule has 4 nitrogen and oxygen atoms in total. The first-order chi connectivity index (χ1) is 8.16. The molecule has 0 unspecified atom stereocenters. The third kappa shape index (κ3) is 2.78. The van der Waals surface area contributed by atoms with Crippen LogP contribution in [-0.4, -0.2) is 35.9 Å². The molecule has 1 heterocycles. The van der Waals surface area contributed by atoms with E-state index in [0.29, 0.717) is 5.56 Å². The molecule has 0 radical (unpaired) electrons. The van der Waals surface area contributed by atoms with Crippen LogP contribution in [0.5, 0.6) is 5.75 Å². The van der Waals surface area contributed by atoms with E-state index in [4.69, 9.17) is 0 Å². The van der Waals surface area contributed by atoms with Gasteiger partial charge in [0.1, 0.15) is 11.6 Å². The molecule has 1 fully saturated rings. The van der Waals surface area contributed by atoms with Crippen molar-refractivity contribution in [3.8, 4) is 5.75 Å². The van der Waals surface area contributed by atoms with E-state index in [1.54, 1.807) is 24.3 Å². The van der Waals surface area contributed by atoms with Gasteiger partial charge in [0.15, 0.2) is 5.78 Å². The average Bonchev–Trinajstić information content (AvgIpc) is 2.32. The van der Waals surface area contributed by atoms with Crippen molar-refractivity contribution < 1.29 is 9.90 Å². The summed E-state index contributed by atoms with van der Waals surface area (Å²) in [6.45, 7) is 1.84. The van der Waals surface area contributed by atoms with Crippen LogP contribution in [-0.2, 0) is 0 Å². The van der Waals surface area contributed by atoms with Gasteiger partial charge >= 0.3 is 0 Å². The number of ketones is 1. The topological polar surface area (TPSA) is 52.6 Å². The number of phenolic OH excluding ortho intramolecular Hbond substituents is 1. The van der Waals surface area contributed by atoms with Crippen molar-refractivity contribution in [3.63, 3.8) is 0 Å². The highest BCUT2D eigenvalue weighted by Gasteiger charge is 2.12. The number of benzene rings is 1. The van der Waals surface area contributed by atoms with Gasteiger partial charge in [0, 0.05) is 31.8 Å². The van der Waals surface area contributed by atoms with Crippen LogP contribution in [0.2, 0.25) is 0 Å². The Labute approximate surface area is 101 Å². The highest BCUT2D eigenvalue weighted by molar-refractivity contribution is 6.05. The molecule has 0 aliphatic carbocycles. The predicted molar refractivity (Wildman–Crippen MR) is 65.8 cm³/mol. The van der Waals surface area contributed by atoms with Crippen LogP contribution in [0.1, 0.15) is 16.8 Å². The highest BCUT2D eigenvalue weighted by atomic mass is 16.3. The standard InChI is InChI=1S/C13H16N2O2/c1-15-7-3-6-14-13(15)9-12(17)10-4-2-5-11(16)8-10/h2,4-5,8-9,14,16H,3,6-7H2,1H3/b13-9+.